The molecule has 3 heteroatoms. The van der Waals surface area contributed by atoms with Crippen LogP contribution in [0.2, 0.25) is 0 Å². The van der Waals surface area contributed by atoms with Crippen LogP contribution in [0.3, 0.4) is 0 Å². The second kappa shape index (κ2) is 5.64. The van der Waals surface area contributed by atoms with Crippen LogP contribution in [-0.2, 0) is 13.0 Å². The van der Waals surface area contributed by atoms with Crippen molar-refractivity contribution < 1.29 is 0 Å². The van der Waals surface area contributed by atoms with Crippen LogP contribution in [0.1, 0.15) is 17.5 Å². The Balaban J connectivity index is 1.78. The van der Waals surface area contributed by atoms with Crippen LogP contribution in [0.15, 0.2) is 24.3 Å². The Labute approximate surface area is 114 Å². The molecule has 1 aromatic rings. The molecule has 0 amide bonds. The van der Waals surface area contributed by atoms with E-state index in [0.29, 0.717) is 6.04 Å². The molecule has 1 fully saturated rings. The van der Waals surface area contributed by atoms with E-state index in [2.05, 4.69) is 40.7 Å². The Hall–Kier alpha value is -0.510. The lowest BCUT2D eigenvalue weighted by molar-refractivity contribution is 0.206. The maximum absolute atomic E-state index is 3.55. The van der Waals surface area contributed by atoms with Crippen LogP contribution in [0, 0.1) is 0 Å². The topological polar surface area (TPSA) is 15.3 Å². The van der Waals surface area contributed by atoms with Crippen molar-refractivity contribution in [2.24, 2.45) is 0 Å². The number of fused-ring (bicyclic) bond motifs is 1. The van der Waals surface area contributed by atoms with E-state index in [1.807, 2.05) is 11.8 Å². The Kier molecular flexibility index (Phi) is 3.92. The molecule has 0 radical (unpaired) electrons. The third kappa shape index (κ3) is 2.44. The lowest BCUT2D eigenvalue weighted by Crippen LogP contribution is -2.41. The van der Waals surface area contributed by atoms with Crippen molar-refractivity contribution in [2.75, 3.05) is 25.9 Å². The standard InChI is InChI=1S/C15H22N2S/c1-18-15-10-16-9-14(15)17-8-4-7-12-5-2-3-6-13(12)11-17/h2-3,5-6,14-16H,4,7-11H2,1H3. The monoisotopic (exact) mass is 262 g/mol. The van der Waals surface area contributed by atoms with E-state index < -0.39 is 0 Å². The zero-order valence-corrected chi connectivity index (χ0v) is 11.9. The molecule has 1 saturated heterocycles. The molecule has 2 aliphatic heterocycles. The van der Waals surface area contributed by atoms with Gasteiger partial charge in [-0.1, -0.05) is 24.3 Å². The van der Waals surface area contributed by atoms with E-state index >= 15 is 0 Å². The second-order valence-corrected chi connectivity index (χ2v) is 6.42. The zero-order valence-electron chi connectivity index (χ0n) is 11.1. The van der Waals surface area contributed by atoms with Crippen molar-refractivity contribution in [1.29, 1.82) is 0 Å². The van der Waals surface area contributed by atoms with Gasteiger partial charge < -0.3 is 5.32 Å². The maximum atomic E-state index is 3.55. The Morgan fingerprint density at radius 2 is 2.06 bits per heavy atom. The number of hydrogen-bond donors (Lipinski definition) is 1. The third-order valence-electron chi connectivity index (χ3n) is 4.28. The molecule has 1 aromatic carbocycles. The van der Waals surface area contributed by atoms with Gasteiger partial charge >= 0.3 is 0 Å². The van der Waals surface area contributed by atoms with Gasteiger partial charge in [-0.25, -0.2) is 0 Å². The first-order chi connectivity index (χ1) is 8.88. The van der Waals surface area contributed by atoms with Crippen molar-refractivity contribution in [1.82, 2.24) is 10.2 Å². The highest BCUT2D eigenvalue weighted by Crippen LogP contribution is 2.25. The van der Waals surface area contributed by atoms with Gasteiger partial charge in [0.15, 0.2) is 0 Å². The largest absolute Gasteiger partial charge is 0.314 e. The lowest BCUT2D eigenvalue weighted by Gasteiger charge is -2.30. The van der Waals surface area contributed by atoms with Gasteiger partial charge in [0.2, 0.25) is 0 Å². The molecule has 0 aliphatic carbocycles. The highest BCUT2D eigenvalue weighted by atomic mass is 32.2. The number of hydrogen-bond acceptors (Lipinski definition) is 3. The minimum atomic E-state index is 0.714. The third-order valence-corrected chi connectivity index (χ3v) is 5.37. The summed E-state index contributed by atoms with van der Waals surface area (Å²) in [4.78, 5) is 2.70. The molecule has 0 saturated carbocycles. The van der Waals surface area contributed by atoms with E-state index in [1.165, 1.54) is 25.9 Å². The number of nitrogens with zero attached hydrogens (tertiary/aromatic N) is 1. The Morgan fingerprint density at radius 1 is 1.22 bits per heavy atom. The molecular weight excluding hydrogens is 240 g/mol. The summed E-state index contributed by atoms with van der Waals surface area (Å²) in [6, 6.07) is 9.69. The van der Waals surface area contributed by atoms with Crippen LogP contribution in [0.5, 0.6) is 0 Å². The van der Waals surface area contributed by atoms with Crippen LogP contribution in [-0.4, -0.2) is 42.1 Å². The fourth-order valence-corrected chi connectivity index (χ4v) is 4.12. The molecule has 2 unspecified atom stereocenters. The van der Waals surface area contributed by atoms with E-state index in [1.54, 1.807) is 11.1 Å². The molecule has 2 heterocycles. The number of nitrogens with one attached hydrogen (secondary N) is 1. The van der Waals surface area contributed by atoms with Gasteiger partial charge in [0.05, 0.1) is 0 Å². The van der Waals surface area contributed by atoms with Gasteiger partial charge in [0.1, 0.15) is 0 Å². The van der Waals surface area contributed by atoms with Crippen molar-refractivity contribution in [3.05, 3.63) is 35.4 Å². The van der Waals surface area contributed by atoms with Gasteiger partial charge in [-0.2, -0.15) is 11.8 Å². The molecule has 2 nitrogen and oxygen atoms in total. The molecular formula is C15H22N2S. The maximum Gasteiger partial charge on any atom is 0.0355 e. The van der Waals surface area contributed by atoms with E-state index in [9.17, 15) is 0 Å². The van der Waals surface area contributed by atoms with Crippen molar-refractivity contribution in [3.8, 4) is 0 Å². The minimum absolute atomic E-state index is 0.714. The summed E-state index contributed by atoms with van der Waals surface area (Å²) in [6.45, 7) is 4.72. The van der Waals surface area contributed by atoms with E-state index in [4.69, 9.17) is 0 Å². The summed E-state index contributed by atoms with van der Waals surface area (Å²) >= 11 is 2.02. The molecule has 2 atom stereocenters. The van der Waals surface area contributed by atoms with Crippen molar-refractivity contribution in [3.63, 3.8) is 0 Å². The quantitative estimate of drug-likeness (QED) is 0.879. The van der Waals surface area contributed by atoms with Crippen LogP contribution < -0.4 is 5.32 Å². The summed E-state index contributed by atoms with van der Waals surface area (Å²) in [5.74, 6) is 0. The lowest BCUT2D eigenvalue weighted by atomic mass is 10.0. The van der Waals surface area contributed by atoms with Crippen molar-refractivity contribution >= 4 is 11.8 Å². The molecule has 98 valence electrons. The smallest absolute Gasteiger partial charge is 0.0355 e. The first-order valence-corrected chi connectivity index (χ1v) is 8.21. The van der Waals surface area contributed by atoms with Gasteiger partial charge in [-0.05, 0) is 36.8 Å². The molecule has 0 aromatic heterocycles. The summed E-state index contributed by atoms with van der Waals surface area (Å²) in [6.07, 6.45) is 4.79. The zero-order chi connectivity index (χ0) is 12.4. The molecule has 1 N–H and O–H groups in total. The molecule has 3 rings (SSSR count). The highest BCUT2D eigenvalue weighted by molar-refractivity contribution is 7.99. The first-order valence-electron chi connectivity index (χ1n) is 6.93. The van der Waals surface area contributed by atoms with Gasteiger partial charge in [-0.3, -0.25) is 4.90 Å². The fourth-order valence-electron chi connectivity index (χ4n) is 3.25. The van der Waals surface area contributed by atoms with Gasteiger partial charge in [0.25, 0.3) is 0 Å². The first kappa shape index (κ1) is 12.5. The molecule has 0 bridgehead atoms. The predicted molar refractivity (Wildman–Crippen MR) is 79.1 cm³/mol. The van der Waals surface area contributed by atoms with Crippen LogP contribution >= 0.6 is 11.8 Å². The SMILES string of the molecule is CSC1CNCC1N1CCCc2ccccc2C1. The highest BCUT2D eigenvalue weighted by Gasteiger charge is 2.32. The summed E-state index contributed by atoms with van der Waals surface area (Å²) in [7, 11) is 0. The average Bonchev–Trinajstić information content (AvgIpc) is 2.77. The number of aryl methyl sites for hydroxylation is 1. The molecule has 18 heavy (non-hydrogen) atoms. The number of thioether (sulfide) groups is 1. The predicted octanol–water partition coefficient (Wildman–Crippen LogP) is 2.14. The van der Waals surface area contributed by atoms with Gasteiger partial charge in [0, 0.05) is 30.9 Å². The number of benzene rings is 1. The summed E-state index contributed by atoms with van der Waals surface area (Å²) < 4.78 is 0. The van der Waals surface area contributed by atoms with Crippen molar-refractivity contribution in [2.45, 2.75) is 30.7 Å². The number of rotatable bonds is 2. The Bertz CT molecular complexity index is 407. The molecule has 0 spiro atoms. The minimum Gasteiger partial charge on any atom is -0.314 e. The molecule has 2 aliphatic rings. The van der Waals surface area contributed by atoms with E-state index in [0.717, 1.165) is 18.3 Å². The fraction of sp³-hybridized carbons (Fsp3) is 0.600. The van der Waals surface area contributed by atoms with E-state index in [-0.39, 0.29) is 0 Å². The summed E-state index contributed by atoms with van der Waals surface area (Å²) in [5.41, 5.74) is 3.11. The second-order valence-electron chi connectivity index (χ2n) is 5.34. The van der Waals surface area contributed by atoms with Crippen LogP contribution in [0.25, 0.3) is 0 Å². The summed E-state index contributed by atoms with van der Waals surface area (Å²) in [5, 5.41) is 4.31. The average molecular weight is 262 g/mol. The van der Waals surface area contributed by atoms with Gasteiger partial charge in [-0.15, -0.1) is 0 Å². The van der Waals surface area contributed by atoms with Crippen LogP contribution in [0.4, 0.5) is 0 Å². The Morgan fingerprint density at radius 3 is 2.89 bits per heavy atom. The normalized spacial score (nSPS) is 28.9.